The first-order chi connectivity index (χ1) is 10.8. The van der Waals surface area contributed by atoms with Crippen LogP contribution in [0, 0.1) is 19.2 Å². The van der Waals surface area contributed by atoms with Crippen LogP contribution in [0.5, 0.6) is 0 Å². The molecule has 0 fully saturated rings. The summed E-state index contributed by atoms with van der Waals surface area (Å²) >= 11 is 0. The van der Waals surface area contributed by atoms with Crippen molar-refractivity contribution in [3.05, 3.63) is 52.6 Å². The van der Waals surface area contributed by atoms with Gasteiger partial charge < -0.3 is 27.5 Å². The molecule has 2 aliphatic rings. The molecular formula is C16H14N3O3SY6-3. The van der Waals surface area contributed by atoms with E-state index in [1.54, 1.807) is 19.9 Å². The molecule has 2 aliphatic heterocycles. The van der Waals surface area contributed by atoms with E-state index in [-0.39, 0.29) is 218 Å². The van der Waals surface area contributed by atoms with Crippen LogP contribution < -0.4 is 5.32 Å². The fourth-order valence-corrected chi connectivity index (χ4v) is 3.92. The molecule has 0 atom stereocenters. The normalized spacial score (nSPS) is 16.7. The SMILES string of the molecule is C/C(NC1=[C-]N=[C-]C1)=C1\C(=O)c2[c-]c(C)ccc2S(=O)(=O)N1C.[Y].[Y].[Y].[Y].[Y].[Y]. The Morgan fingerprint density at radius 2 is 1.72 bits per heavy atom. The maximum Gasteiger partial charge on any atom is 0.228 e. The smallest absolute Gasteiger partial charge is 0.228 e. The number of rotatable bonds is 2. The second-order valence-electron chi connectivity index (χ2n) is 5.32. The molecule has 0 spiro atoms. The zero-order valence-corrected chi connectivity index (χ0v) is 34.2. The van der Waals surface area contributed by atoms with Crippen LogP contribution in [0.2, 0.25) is 0 Å². The van der Waals surface area contributed by atoms with E-state index in [1.165, 1.54) is 13.1 Å². The second-order valence-corrected chi connectivity index (χ2v) is 7.26. The Hall–Kier alpha value is 4.21. The maximum absolute atomic E-state index is 12.8. The quantitative estimate of drug-likeness (QED) is 0.361. The van der Waals surface area contributed by atoms with E-state index < -0.39 is 10.0 Å². The first kappa shape index (κ1) is 40.4. The van der Waals surface area contributed by atoms with Gasteiger partial charge in [-0.25, -0.2) is 8.42 Å². The molecule has 1 aromatic rings. The predicted molar refractivity (Wildman–Crippen MR) is 83.9 cm³/mol. The minimum absolute atomic E-state index is 0. The van der Waals surface area contributed by atoms with Gasteiger partial charge in [0.1, 0.15) is 5.78 Å². The van der Waals surface area contributed by atoms with Crippen molar-refractivity contribution in [1.29, 1.82) is 0 Å². The Balaban J connectivity index is -0.000000521. The fourth-order valence-electron chi connectivity index (χ4n) is 2.53. The number of likely N-dealkylation sites (N-methyl/N-ethyl adjacent to an activating group) is 1. The Morgan fingerprint density at radius 1 is 1.14 bits per heavy atom. The van der Waals surface area contributed by atoms with Crippen LogP contribution in [0.25, 0.3) is 0 Å². The van der Waals surface area contributed by atoms with Gasteiger partial charge >= 0.3 is 0 Å². The van der Waals surface area contributed by atoms with Gasteiger partial charge in [0, 0.05) is 214 Å². The third-order valence-corrected chi connectivity index (χ3v) is 5.47. The Labute approximate surface area is 323 Å². The van der Waals surface area contributed by atoms with Gasteiger partial charge in [0.2, 0.25) is 10.0 Å². The predicted octanol–water partition coefficient (Wildman–Crippen LogP) is 1.41. The number of hydrogen-bond acceptors (Lipinski definition) is 5. The van der Waals surface area contributed by atoms with Crippen molar-refractivity contribution in [3.63, 3.8) is 0 Å². The number of sulfonamides is 1. The maximum atomic E-state index is 12.8. The van der Waals surface area contributed by atoms with Crippen LogP contribution in [0.3, 0.4) is 0 Å². The summed E-state index contributed by atoms with van der Waals surface area (Å²) in [6.45, 7) is 3.41. The number of fused-ring (bicyclic) bond motifs is 1. The summed E-state index contributed by atoms with van der Waals surface area (Å²) in [7, 11) is -2.42. The number of benzene rings is 1. The minimum atomic E-state index is -3.78. The number of hydrogen-bond donors (Lipinski definition) is 1. The summed E-state index contributed by atoms with van der Waals surface area (Å²) in [5, 5.41) is 2.98. The standard InChI is InChI=1S/C16H14N3O3S.6Y/c1-10-4-5-14-13(8-10)16(20)15(19(3)23(14,21)22)11(2)18-12-6-7-17-9-12;;;;;;/h4-5,18H,6H2,1-3H3;;;;;;/q-3;;;;;;/b15-11-;;;;;;. The van der Waals surface area contributed by atoms with Crippen molar-refractivity contribution in [1.82, 2.24) is 9.62 Å². The molecule has 6 nitrogen and oxygen atoms in total. The first-order valence-corrected chi connectivity index (χ1v) is 8.35. The molecule has 0 amide bonds. The fraction of sp³-hybridized carbons (Fsp3) is 0.250. The largest absolute Gasteiger partial charge is 0.678 e. The molecule has 1 N–H and O–H groups in total. The Morgan fingerprint density at radius 3 is 2.24 bits per heavy atom. The van der Waals surface area contributed by atoms with Gasteiger partial charge in [-0.3, -0.25) is 4.31 Å². The van der Waals surface area contributed by atoms with Crippen LogP contribution in [-0.2, 0) is 206 Å². The number of nitrogens with zero attached hydrogens (tertiary/aromatic N) is 2. The van der Waals surface area contributed by atoms with Crippen LogP contribution in [0.1, 0.15) is 29.3 Å². The number of Topliss-reactive ketones (excluding diaryl/α,β-unsaturated/α-hetero) is 1. The Bertz CT molecular complexity index is 916. The van der Waals surface area contributed by atoms with E-state index in [0.29, 0.717) is 23.4 Å². The summed E-state index contributed by atoms with van der Waals surface area (Å²) in [5.41, 5.74) is 1.90. The number of aryl methyl sites for hydroxylation is 1. The average Bonchev–Trinajstić information content (AvgIpc) is 2.98. The molecule has 138 valence electrons. The first-order valence-electron chi connectivity index (χ1n) is 6.91. The zero-order valence-electron chi connectivity index (χ0n) is 16.4. The van der Waals surface area contributed by atoms with Gasteiger partial charge in [-0.05, 0) is 6.92 Å². The number of ketones is 1. The number of carbonyl (C=O) groups excluding carboxylic acids is 1. The molecule has 1 aromatic carbocycles. The molecule has 0 saturated heterocycles. The van der Waals surface area contributed by atoms with Crippen LogP contribution in [0.4, 0.5) is 0 Å². The van der Waals surface area contributed by atoms with E-state index in [4.69, 9.17) is 0 Å². The van der Waals surface area contributed by atoms with E-state index in [2.05, 4.69) is 28.8 Å². The summed E-state index contributed by atoms with van der Waals surface area (Å²) in [6, 6.07) is 5.93. The molecular weight excluding hydrogens is 848 g/mol. The summed E-state index contributed by atoms with van der Waals surface area (Å²) < 4.78 is 26.3. The topological polar surface area (TPSA) is 78.8 Å². The van der Waals surface area contributed by atoms with Crippen molar-refractivity contribution in [2.75, 3.05) is 7.05 Å². The molecule has 0 unspecified atom stereocenters. The molecule has 29 heavy (non-hydrogen) atoms. The molecule has 0 saturated carbocycles. The number of nitrogens with one attached hydrogen (secondary N) is 1. The molecule has 3 rings (SSSR count). The van der Waals surface area contributed by atoms with Crippen LogP contribution in [-0.4, -0.2) is 31.8 Å². The third-order valence-electron chi connectivity index (χ3n) is 3.67. The molecule has 13 heteroatoms. The van der Waals surface area contributed by atoms with Gasteiger partial charge in [0.25, 0.3) is 0 Å². The van der Waals surface area contributed by atoms with Crippen LogP contribution >= 0.6 is 0 Å². The third kappa shape index (κ3) is 9.31. The van der Waals surface area contributed by atoms with E-state index in [9.17, 15) is 13.2 Å². The Kier molecular flexibility index (Phi) is 24.5. The van der Waals surface area contributed by atoms with Crippen molar-refractivity contribution in [2.45, 2.75) is 25.2 Å². The summed E-state index contributed by atoms with van der Waals surface area (Å²) in [6.07, 6.45) is 5.86. The van der Waals surface area contributed by atoms with Crippen molar-refractivity contribution in [3.8, 4) is 0 Å². The van der Waals surface area contributed by atoms with Crippen molar-refractivity contribution < 1.29 is 209 Å². The van der Waals surface area contributed by atoms with Crippen LogP contribution in [0.15, 0.2) is 39.1 Å². The number of aliphatic imine (C=N–C) groups is 1. The summed E-state index contributed by atoms with van der Waals surface area (Å²) in [5.74, 6) is -0.380. The molecule has 0 bridgehead atoms. The average molecular weight is 862 g/mol. The van der Waals surface area contributed by atoms with Gasteiger partial charge in [0.15, 0.2) is 0 Å². The number of allylic oxidation sites excluding steroid dienone is 3. The molecule has 0 aliphatic carbocycles. The van der Waals surface area contributed by atoms with Gasteiger partial charge in [-0.15, -0.1) is 23.8 Å². The van der Waals surface area contributed by atoms with Gasteiger partial charge in [-0.1, -0.05) is 12.5 Å². The second kappa shape index (κ2) is 17.6. The zero-order chi connectivity index (χ0) is 16.8. The van der Waals surface area contributed by atoms with Gasteiger partial charge in [-0.2, -0.15) is 12.1 Å². The monoisotopic (exact) mass is 862 g/mol. The molecule has 0 aromatic heterocycles. The minimum Gasteiger partial charge on any atom is -0.678 e. The van der Waals surface area contributed by atoms with Gasteiger partial charge in [0.05, 0.1) is 5.70 Å². The number of carbonyl (C=O) groups is 1. The van der Waals surface area contributed by atoms with E-state index >= 15 is 0 Å². The van der Waals surface area contributed by atoms with Crippen molar-refractivity contribution >= 4 is 22.0 Å². The van der Waals surface area contributed by atoms with E-state index in [1.807, 2.05) is 0 Å². The van der Waals surface area contributed by atoms with E-state index in [0.717, 1.165) is 4.31 Å². The molecule has 2 heterocycles. The molecule has 6 radical (unpaired) electrons. The summed E-state index contributed by atoms with van der Waals surface area (Å²) in [4.78, 5) is 16.5. The van der Waals surface area contributed by atoms with Crippen molar-refractivity contribution in [2.24, 2.45) is 4.99 Å².